The molecule has 0 heterocycles. The summed E-state index contributed by atoms with van der Waals surface area (Å²) in [6.07, 6.45) is 3.23. The quantitative estimate of drug-likeness (QED) is 0.750. The fourth-order valence-electron chi connectivity index (χ4n) is 3.03. The van der Waals surface area contributed by atoms with Crippen LogP contribution in [0, 0.1) is 0 Å². The van der Waals surface area contributed by atoms with Crippen LogP contribution in [0.5, 0.6) is 0 Å². The summed E-state index contributed by atoms with van der Waals surface area (Å²) in [6, 6.07) is 14.0. The minimum Gasteiger partial charge on any atom is -0.349 e. The highest BCUT2D eigenvalue weighted by atomic mass is 35.5. The molecule has 1 N–H and O–H groups in total. The van der Waals surface area contributed by atoms with Gasteiger partial charge >= 0.3 is 0 Å². The van der Waals surface area contributed by atoms with Crippen molar-refractivity contribution in [3.05, 3.63) is 69.2 Å². The van der Waals surface area contributed by atoms with Gasteiger partial charge in [0.15, 0.2) is 0 Å². The van der Waals surface area contributed by atoms with Crippen LogP contribution in [0.1, 0.15) is 35.6 Å². The summed E-state index contributed by atoms with van der Waals surface area (Å²) in [5.41, 5.74) is 3.62. The lowest BCUT2D eigenvalue weighted by atomic mass is 9.88. The number of rotatable bonds is 5. The topological polar surface area (TPSA) is 29.1 Å². The Hall–Kier alpha value is -1.16. The van der Waals surface area contributed by atoms with E-state index in [2.05, 4.69) is 23.5 Å². The Morgan fingerprint density at radius 1 is 1.21 bits per heavy atom. The molecule has 0 aliphatic heterocycles. The van der Waals surface area contributed by atoms with Gasteiger partial charge in [0.05, 0.1) is 11.8 Å². The number of aryl methyl sites for hydroxylation is 1. The molecule has 1 atom stereocenters. The molecule has 1 aliphatic rings. The summed E-state index contributed by atoms with van der Waals surface area (Å²) in [7, 11) is 0. The molecule has 2 nitrogen and oxygen atoms in total. The van der Waals surface area contributed by atoms with Crippen molar-refractivity contribution in [2.75, 3.05) is 5.75 Å². The highest BCUT2D eigenvalue weighted by Gasteiger charge is 2.21. The van der Waals surface area contributed by atoms with Gasteiger partial charge in [0.1, 0.15) is 0 Å². The smallest absolute Gasteiger partial charge is 0.230 e. The van der Waals surface area contributed by atoms with E-state index >= 15 is 0 Å². The van der Waals surface area contributed by atoms with Crippen molar-refractivity contribution < 1.29 is 4.79 Å². The minimum absolute atomic E-state index is 0.0757. The molecule has 2 aromatic rings. The average molecular weight is 380 g/mol. The van der Waals surface area contributed by atoms with Gasteiger partial charge in [-0.25, -0.2) is 0 Å². The summed E-state index contributed by atoms with van der Waals surface area (Å²) in [5.74, 6) is 1.20. The first kappa shape index (κ1) is 17.7. The molecular formula is C19H19Cl2NOS. The second-order valence-electron chi connectivity index (χ2n) is 5.94. The predicted molar refractivity (Wildman–Crippen MR) is 103 cm³/mol. The highest BCUT2D eigenvalue weighted by Crippen LogP contribution is 2.29. The van der Waals surface area contributed by atoms with Crippen LogP contribution >= 0.6 is 35.0 Å². The van der Waals surface area contributed by atoms with Crippen LogP contribution in [0.2, 0.25) is 10.0 Å². The molecule has 0 aromatic heterocycles. The van der Waals surface area contributed by atoms with Gasteiger partial charge < -0.3 is 5.32 Å². The summed E-state index contributed by atoms with van der Waals surface area (Å²) in [5, 5.41) is 4.45. The van der Waals surface area contributed by atoms with E-state index in [1.54, 1.807) is 17.8 Å². The van der Waals surface area contributed by atoms with E-state index < -0.39 is 0 Å². The zero-order chi connectivity index (χ0) is 16.9. The van der Waals surface area contributed by atoms with Crippen molar-refractivity contribution in [1.29, 1.82) is 0 Å². The number of benzene rings is 2. The van der Waals surface area contributed by atoms with Crippen molar-refractivity contribution >= 4 is 40.9 Å². The lowest BCUT2D eigenvalue weighted by molar-refractivity contribution is -0.119. The first-order valence-corrected chi connectivity index (χ1v) is 9.93. The number of amides is 1. The largest absolute Gasteiger partial charge is 0.349 e. The highest BCUT2D eigenvalue weighted by molar-refractivity contribution is 7.99. The van der Waals surface area contributed by atoms with Crippen LogP contribution in [-0.4, -0.2) is 11.7 Å². The van der Waals surface area contributed by atoms with E-state index in [-0.39, 0.29) is 11.9 Å². The number of halogens is 2. The molecule has 0 fully saturated rings. The standard InChI is InChI=1S/C19H19Cl2NOS/c20-15-9-8-14(17(21)10-15)11-24-12-19(23)22-18-7-3-5-13-4-1-2-6-16(13)18/h1-2,4,6,8-10,18H,3,5,7,11-12H2,(H,22,23). The molecule has 5 heteroatoms. The average Bonchev–Trinajstić information content (AvgIpc) is 2.57. The lowest BCUT2D eigenvalue weighted by Gasteiger charge is -2.26. The summed E-state index contributed by atoms with van der Waals surface area (Å²) >= 11 is 13.6. The maximum Gasteiger partial charge on any atom is 0.230 e. The molecule has 1 amide bonds. The van der Waals surface area contributed by atoms with E-state index in [0.717, 1.165) is 24.8 Å². The molecule has 0 spiro atoms. The maximum atomic E-state index is 12.3. The van der Waals surface area contributed by atoms with Gasteiger partial charge in [-0.15, -0.1) is 11.8 Å². The van der Waals surface area contributed by atoms with Crippen LogP contribution in [0.25, 0.3) is 0 Å². The normalized spacial score (nSPS) is 16.5. The second-order valence-corrected chi connectivity index (χ2v) is 7.77. The van der Waals surface area contributed by atoms with Gasteiger partial charge in [0, 0.05) is 15.8 Å². The molecule has 0 saturated carbocycles. The zero-order valence-corrected chi connectivity index (χ0v) is 15.6. The van der Waals surface area contributed by atoms with Crippen molar-refractivity contribution in [2.45, 2.75) is 31.1 Å². The molecule has 24 heavy (non-hydrogen) atoms. The first-order chi connectivity index (χ1) is 11.6. The molecule has 0 radical (unpaired) electrons. The number of hydrogen-bond acceptors (Lipinski definition) is 2. The van der Waals surface area contributed by atoms with Gasteiger partial charge in [-0.2, -0.15) is 0 Å². The minimum atomic E-state index is 0.0757. The van der Waals surface area contributed by atoms with Gasteiger partial charge in [0.2, 0.25) is 5.91 Å². The van der Waals surface area contributed by atoms with Crippen LogP contribution in [0.3, 0.4) is 0 Å². The monoisotopic (exact) mass is 379 g/mol. The molecule has 0 saturated heterocycles. The number of carbonyl (C=O) groups excluding carboxylic acids is 1. The maximum absolute atomic E-state index is 12.3. The van der Waals surface area contributed by atoms with Gasteiger partial charge in [-0.1, -0.05) is 53.5 Å². The molecule has 2 aromatic carbocycles. The Kier molecular flexibility index (Phi) is 6.09. The molecule has 1 aliphatic carbocycles. The van der Waals surface area contributed by atoms with Crippen LogP contribution in [0.4, 0.5) is 0 Å². The number of thioether (sulfide) groups is 1. The Morgan fingerprint density at radius 2 is 2.04 bits per heavy atom. The van der Waals surface area contributed by atoms with Crippen molar-refractivity contribution in [3.63, 3.8) is 0 Å². The molecular weight excluding hydrogens is 361 g/mol. The number of carbonyl (C=O) groups is 1. The van der Waals surface area contributed by atoms with E-state index in [1.165, 1.54) is 11.1 Å². The fraction of sp³-hybridized carbons (Fsp3) is 0.316. The van der Waals surface area contributed by atoms with E-state index in [9.17, 15) is 4.79 Å². The fourth-order valence-corrected chi connectivity index (χ4v) is 4.43. The molecule has 1 unspecified atom stereocenters. The molecule has 0 bridgehead atoms. The lowest BCUT2D eigenvalue weighted by Crippen LogP contribution is -2.32. The van der Waals surface area contributed by atoms with Crippen molar-refractivity contribution in [1.82, 2.24) is 5.32 Å². The third-order valence-corrected chi connectivity index (χ3v) is 5.78. The number of fused-ring (bicyclic) bond motifs is 1. The zero-order valence-electron chi connectivity index (χ0n) is 13.2. The SMILES string of the molecule is O=C(CSCc1ccc(Cl)cc1Cl)NC1CCCc2ccccc21. The summed E-state index contributed by atoms with van der Waals surface area (Å²) < 4.78 is 0. The Labute approximate surface area is 156 Å². The summed E-state index contributed by atoms with van der Waals surface area (Å²) in [6.45, 7) is 0. The number of hydrogen-bond donors (Lipinski definition) is 1. The van der Waals surface area contributed by atoms with Gasteiger partial charge in [-0.3, -0.25) is 4.79 Å². The van der Waals surface area contributed by atoms with Crippen LogP contribution in [0.15, 0.2) is 42.5 Å². The van der Waals surface area contributed by atoms with Gasteiger partial charge in [-0.05, 0) is 48.1 Å². The third kappa shape index (κ3) is 4.47. The summed E-state index contributed by atoms with van der Waals surface area (Å²) in [4.78, 5) is 12.3. The van der Waals surface area contributed by atoms with Crippen LogP contribution < -0.4 is 5.32 Å². The Balaban J connectivity index is 1.52. The second kappa shape index (κ2) is 8.28. The van der Waals surface area contributed by atoms with E-state index in [0.29, 0.717) is 21.6 Å². The Morgan fingerprint density at radius 3 is 2.88 bits per heavy atom. The van der Waals surface area contributed by atoms with Crippen LogP contribution in [-0.2, 0) is 17.0 Å². The predicted octanol–water partition coefficient (Wildman–Crippen LogP) is 5.42. The van der Waals surface area contributed by atoms with Gasteiger partial charge in [0.25, 0.3) is 0 Å². The third-order valence-electron chi connectivity index (χ3n) is 4.21. The van der Waals surface area contributed by atoms with Crippen molar-refractivity contribution in [2.24, 2.45) is 0 Å². The molecule has 126 valence electrons. The van der Waals surface area contributed by atoms with E-state index in [1.807, 2.05) is 18.2 Å². The van der Waals surface area contributed by atoms with Crippen molar-refractivity contribution in [3.8, 4) is 0 Å². The Bertz CT molecular complexity index is 735. The number of nitrogens with one attached hydrogen (secondary N) is 1. The molecule has 3 rings (SSSR count). The van der Waals surface area contributed by atoms with E-state index in [4.69, 9.17) is 23.2 Å². The first-order valence-electron chi connectivity index (χ1n) is 8.02.